The molecule has 3 N–H and O–H groups in total. The van der Waals surface area contributed by atoms with E-state index in [4.69, 9.17) is 5.73 Å². The highest BCUT2D eigenvalue weighted by atomic mass is 79.9. The third kappa shape index (κ3) is 3.16. The minimum atomic E-state index is -4.12. The lowest BCUT2D eigenvalue weighted by Crippen LogP contribution is -2.16. The molecule has 0 aliphatic carbocycles. The molecule has 0 aliphatic rings. The fraction of sp³-hybridized carbons (Fsp3) is 0.0769. The lowest BCUT2D eigenvalue weighted by molar-refractivity contribution is 0.597. The number of para-hydroxylation sites is 1. The smallest absolute Gasteiger partial charge is 0.264 e. The van der Waals surface area contributed by atoms with Gasteiger partial charge in [0.1, 0.15) is 16.5 Å². The number of sulfonamides is 1. The molecule has 0 saturated carbocycles. The van der Waals surface area contributed by atoms with Gasteiger partial charge >= 0.3 is 0 Å². The largest absolute Gasteiger partial charge is 0.395 e. The Bertz CT molecular complexity index is 810. The average molecular weight is 377 g/mol. The van der Waals surface area contributed by atoms with Crippen molar-refractivity contribution in [1.82, 2.24) is 0 Å². The molecule has 4 nitrogen and oxygen atoms in total. The summed E-state index contributed by atoms with van der Waals surface area (Å²) in [7, 11) is -4.12. The number of nitrogens with two attached hydrogens (primary N) is 1. The molecule has 0 amide bonds. The van der Waals surface area contributed by atoms with Crippen molar-refractivity contribution in [2.24, 2.45) is 0 Å². The summed E-state index contributed by atoms with van der Waals surface area (Å²) in [6.45, 7) is 1.61. The molecule has 0 atom stereocenters. The average Bonchev–Trinajstić information content (AvgIpc) is 2.38. The van der Waals surface area contributed by atoms with Gasteiger partial charge in [0.2, 0.25) is 0 Å². The highest BCUT2D eigenvalue weighted by molar-refractivity contribution is 9.10. The van der Waals surface area contributed by atoms with Crippen molar-refractivity contribution in [3.8, 4) is 0 Å². The van der Waals surface area contributed by atoms with Crippen LogP contribution in [0.15, 0.2) is 39.7 Å². The molecule has 0 aromatic heterocycles. The second kappa shape index (κ2) is 5.61. The first-order valence-electron chi connectivity index (χ1n) is 5.75. The van der Waals surface area contributed by atoms with Gasteiger partial charge in [-0.1, -0.05) is 6.07 Å². The van der Waals surface area contributed by atoms with Crippen LogP contribution in [-0.4, -0.2) is 8.42 Å². The molecule has 0 bridgehead atoms. The molecule has 2 rings (SSSR count). The van der Waals surface area contributed by atoms with E-state index in [-0.39, 0.29) is 10.2 Å². The number of nitrogens with one attached hydrogen (secondary N) is 1. The van der Waals surface area contributed by atoms with Crippen molar-refractivity contribution in [2.45, 2.75) is 11.8 Å². The SMILES string of the molecule is Cc1cc(Br)c(F)cc1NS(=O)(=O)c1cccc(F)c1N. The van der Waals surface area contributed by atoms with E-state index < -0.39 is 32.2 Å². The first-order valence-corrected chi connectivity index (χ1v) is 8.02. The zero-order valence-electron chi connectivity index (χ0n) is 10.8. The summed E-state index contributed by atoms with van der Waals surface area (Å²) < 4.78 is 53.8. The van der Waals surface area contributed by atoms with E-state index in [1.54, 1.807) is 6.92 Å². The molecule has 112 valence electrons. The number of aryl methyl sites for hydroxylation is 1. The van der Waals surface area contributed by atoms with Crippen LogP contribution >= 0.6 is 15.9 Å². The summed E-state index contributed by atoms with van der Waals surface area (Å²) in [6, 6.07) is 5.92. The minimum Gasteiger partial charge on any atom is -0.395 e. The molecule has 0 radical (unpaired) electrons. The predicted molar refractivity (Wildman–Crippen MR) is 80.5 cm³/mol. The van der Waals surface area contributed by atoms with Crippen LogP contribution in [0.2, 0.25) is 0 Å². The summed E-state index contributed by atoms with van der Waals surface area (Å²) >= 11 is 3.00. The fourth-order valence-corrected chi connectivity index (χ4v) is 3.43. The van der Waals surface area contributed by atoms with Gasteiger partial charge in [-0.3, -0.25) is 4.72 Å². The summed E-state index contributed by atoms with van der Waals surface area (Å²) in [4.78, 5) is -0.398. The molecular formula is C13H11BrF2N2O2S. The summed E-state index contributed by atoms with van der Waals surface area (Å²) in [5, 5.41) is 0. The Hall–Kier alpha value is -1.67. The van der Waals surface area contributed by atoms with Gasteiger partial charge in [0.05, 0.1) is 15.8 Å². The van der Waals surface area contributed by atoms with Crippen molar-refractivity contribution in [1.29, 1.82) is 0 Å². The van der Waals surface area contributed by atoms with E-state index in [0.29, 0.717) is 5.56 Å². The maximum Gasteiger partial charge on any atom is 0.264 e. The number of hydrogen-bond acceptors (Lipinski definition) is 3. The van der Waals surface area contributed by atoms with Crippen molar-refractivity contribution >= 4 is 37.3 Å². The molecule has 0 spiro atoms. The van der Waals surface area contributed by atoms with Crippen LogP contribution in [0.3, 0.4) is 0 Å². The molecule has 8 heteroatoms. The predicted octanol–water partition coefficient (Wildman–Crippen LogP) is 3.42. The Kier molecular flexibility index (Phi) is 4.20. The van der Waals surface area contributed by atoms with Crippen LogP contribution in [0.1, 0.15) is 5.56 Å². The maximum atomic E-state index is 13.5. The highest BCUT2D eigenvalue weighted by Crippen LogP contribution is 2.28. The number of hydrogen-bond donors (Lipinski definition) is 2. The van der Waals surface area contributed by atoms with E-state index in [2.05, 4.69) is 20.7 Å². The van der Waals surface area contributed by atoms with Gasteiger partial charge < -0.3 is 5.73 Å². The Morgan fingerprint density at radius 2 is 1.86 bits per heavy atom. The van der Waals surface area contributed by atoms with E-state index in [1.807, 2.05) is 0 Å². The van der Waals surface area contributed by atoms with Crippen LogP contribution in [-0.2, 0) is 10.0 Å². The van der Waals surface area contributed by atoms with Gasteiger partial charge in [0.15, 0.2) is 0 Å². The van der Waals surface area contributed by atoms with Crippen molar-refractivity contribution in [3.05, 3.63) is 52.0 Å². The number of benzene rings is 2. The van der Waals surface area contributed by atoms with E-state index in [0.717, 1.165) is 12.1 Å². The molecule has 2 aromatic carbocycles. The van der Waals surface area contributed by atoms with Crippen molar-refractivity contribution in [2.75, 3.05) is 10.5 Å². The Morgan fingerprint density at radius 3 is 2.52 bits per heavy atom. The van der Waals surface area contributed by atoms with Crippen LogP contribution < -0.4 is 10.5 Å². The molecule has 0 heterocycles. The highest BCUT2D eigenvalue weighted by Gasteiger charge is 2.21. The van der Waals surface area contributed by atoms with Crippen LogP contribution in [0, 0.1) is 18.6 Å². The standard InChI is InChI=1S/C13H11BrF2N2O2S/c1-7-5-8(14)10(16)6-11(7)18-21(19,20)12-4-2-3-9(15)13(12)17/h2-6,18H,17H2,1H3. The third-order valence-corrected chi connectivity index (χ3v) is 4.85. The quantitative estimate of drug-likeness (QED) is 0.806. The van der Waals surface area contributed by atoms with E-state index in [1.165, 1.54) is 18.2 Å². The van der Waals surface area contributed by atoms with Crippen LogP contribution in [0.4, 0.5) is 20.2 Å². The Morgan fingerprint density at radius 1 is 1.19 bits per heavy atom. The molecular weight excluding hydrogens is 366 g/mol. The topological polar surface area (TPSA) is 72.2 Å². The molecule has 0 saturated heterocycles. The second-order valence-corrected chi connectivity index (χ2v) is 6.84. The first kappa shape index (κ1) is 15.7. The number of anilines is 2. The zero-order chi connectivity index (χ0) is 15.8. The Balaban J connectivity index is 2.47. The number of halogens is 3. The summed E-state index contributed by atoms with van der Waals surface area (Å²) in [5.41, 5.74) is 5.51. The summed E-state index contributed by atoms with van der Waals surface area (Å²) in [6.07, 6.45) is 0. The third-order valence-electron chi connectivity index (χ3n) is 2.81. The lowest BCUT2D eigenvalue weighted by Gasteiger charge is -2.13. The van der Waals surface area contributed by atoms with Gasteiger partial charge in [-0.15, -0.1) is 0 Å². The number of rotatable bonds is 3. The zero-order valence-corrected chi connectivity index (χ0v) is 13.2. The van der Waals surface area contributed by atoms with E-state index >= 15 is 0 Å². The van der Waals surface area contributed by atoms with Crippen LogP contribution in [0.25, 0.3) is 0 Å². The fourth-order valence-electron chi connectivity index (χ4n) is 1.71. The van der Waals surface area contributed by atoms with Gasteiger partial charge in [-0.25, -0.2) is 17.2 Å². The maximum absolute atomic E-state index is 13.5. The molecule has 2 aromatic rings. The molecule has 21 heavy (non-hydrogen) atoms. The van der Waals surface area contributed by atoms with E-state index in [9.17, 15) is 17.2 Å². The van der Waals surface area contributed by atoms with Crippen molar-refractivity contribution in [3.63, 3.8) is 0 Å². The van der Waals surface area contributed by atoms with Gasteiger partial charge in [0.25, 0.3) is 10.0 Å². The minimum absolute atomic E-state index is 0.0550. The Labute approximate surface area is 129 Å². The van der Waals surface area contributed by atoms with Gasteiger partial charge in [-0.05, 0) is 52.7 Å². The van der Waals surface area contributed by atoms with Gasteiger partial charge in [-0.2, -0.15) is 0 Å². The first-order chi connectivity index (χ1) is 9.72. The molecule has 0 unspecified atom stereocenters. The normalized spacial score (nSPS) is 11.4. The lowest BCUT2D eigenvalue weighted by atomic mass is 10.2. The second-order valence-electron chi connectivity index (χ2n) is 4.34. The number of nitrogen functional groups attached to an aromatic ring is 1. The molecule has 0 aliphatic heterocycles. The van der Waals surface area contributed by atoms with Crippen LogP contribution in [0.5, 0.6) is 0 Å². The monoisotopic (exact) mass is 376 g/mol. The van der Waals surface area contributed by atoms with Gasteiger partial charge in [0, 0.05) is 0 Å². The molecule has 0 fully saturated rings. The summed E-state index contributed by atoms with van der Waals surface area (Å²) in [5.74, 6) is -1.46. The van der Waals surface area contributed by atoms with Crippen molar-refractivity contribution < 1.29 is 17.2 Å².